The Hall–Kier alpha value is -0.130. The van der Waals surface area contributed by atoms with Gasteiger partial charge in [0, 0.05) is 26.2 Å². The van der Waals surface area contributed by atoms with E-state index in [9.17, 15) is 9.90 Å². The number of halogens is 1. The van der Waals surface area contributed by atoms with E-state index in [-0.39, 0.29) is 28.8 Å². The quantitative estimate of drug-likeness (QED) is 0.517. The highest BCUT2D eigenvalue weighted by atomic mass is 79.9. The lowest BCUT2D eigenvalue weighted by Gasteiger charge is -2.43. The van der Waals surface area contributed by atoms with Crippen LogP contribution in [0.25, 0.3) is 0 Å². The Balaban J connectivity index is 0.00000364. The second-order valence-corrected chi connectivity index (χ2v) is 8.82. The molecule has 2 rings (SSSR count). The molecule has 0 bridgehead atoms. The van der Waals surface area contributed by atoms with Gasteiger partial charge in [0.1, 0.15) is 0 Å². The monoisotopic (exact) mass is 446 g/mol. The summed E-state index contributed by atoms with van der Waals surface area (Å²) in [7, 11) is 1.95. The first-order valence-electron chi connectivity index (χ1n) is 11.2. The Labute approximate surface area is 177 Å². The number of piperidine rings is 1. The van der Waals surface area contributed by atoms with Gasteiger partial charge in [-0.3, -0.25) is 4.79 Å². The number of unbranched alkanes of at least 4 members (excludes halogenated alkanes) is 4. The molecule has 1 unspecified atom stereocenters. The zero-order chi connectivity index (χ0) is 19.0. The van der Waals surface area contributed by atoms with Crippen molar-refractivity contribution in [2.45, 2.75) is 103 Å². The molecule has 1 saturated carbocycles. The van der Waals surface area contributed by atoms with Gasteiger partial charge in [0.05, 0.1) is 11.5 Å². The van der Waals surface area contributed by atoms with Crippen molar-refractivity contribution in [1.82, 2.24) is 9.80 Å². The topological polar surface area (TPSA) is 43.8 Å². The van der Waals surface area contributed by atoms with E-state index in [1.807, 2.05) is 18.9 Å². The van der Waals surface area contributed by atoms with Crippen LogP contribution in [-0.2, 0) is 4.79 Å². The molecule has 5 heteroatoms. The maximum atomic E-state index is 13.0. The van der Waals surface area contributed by atoms with Gasteiger partial charge in [-0.05, 0) is 38.6 Å². The smallest absolute Gasteiger partial charge is 0.228 e. The predicted molar refractivity (Wildman–Crippen MR) is 119 cm³/mol. The molecule has 1 aliphatic heterocycles. The van der Waals surface area contributed by atoms with Crippen molar-refractivity contribution in [2.24, 2.45) is 5.92 Å². The van der Waals surface area contributed by atoms with Crippen LogP contribution in [0.4, 0.5) is 0 Å². The van der Waals surface area contributed by atoms with E-state index in [1.54, 1.807) is 0 Å². The van der Waals surface area contributed by atoms with Gasteiger partial charge in [0.25, 0.3) is 0 Å². The minimum Gasteiger partial charge on any atom is -0.389 e. The fraction of sp³-hybridized carbons (Fsp3) is 0.955. The third-order valence-electron chi connectivity index (χ3n) is 6.95. The number of hydrogen-bond acceptors (Lipinski definition) is 3. The first-order chi connectivity index (χ1) is 12.5. The lowest BCUT2D eigenvalue weighted by Crippen LogP contribution is -2.54. The summed E-state index contributed by atoms with van der Waals surface area (Å²) in [6, 6.07) is 0.380. The van der Waals surface area contributed by atoms with Crippen molar-refractivity contribution in [3.8, 4) is 0 Å². The van der Waals surface area contributed by atoms with Gasteiger partial charge in [0.15, 0.2) is 0 Å². The van der Waals surface area contributed by atoms with Gasteiger partial charge >= 0.3 is 0 Å². The average Bonchev–Trinajstić information content (AvgIpc) is 2.68. The molecule has 2 fully saturated rings. The van der Waals surface area contributed by atoms with E-state index < -0.39 is 5.60 Å². The number of carbonyl (C=O) groups excluding carboxylic acids is 1. The third-order valence-corrected chi connectivity index (χ3v) is 6.95. The molecule has 1 saturated heterocycles. The summed E-state index contributed by atoms with van der Waals surface area (Å²) in [6.45, 7) is 7.19. The van der Waals surface area contributed by atoms with Crippen molar-refractivity contribution in [2.75, 3.05) is 26.7 Å². The Morgan fingerprint density at radius 1 is 1.11 bits per heavy atom. The molecule has 0 aromatic heterocycles. The molecule has 1 amide bonds. The number of aliphatic hydroxyl groups is 1. The molecule has 1 aliphatic carbocycles. The van der Waals surface area contributed by atoms with E-state index in [2.05, 4.69) is 11.8 Å². The van der Waals surface area contributed by atoms with Crippen molar-refractivity contribution in [3.63, 3.8) is 0 Å². The second-order valence-electron chi connectivity index (χ2n) is 8.82. The Kier molecular flexibility index (Phi) is 11.5. The number of amides is 1. The number of nitrogens with zero attached hydrogens (tertiary/aromatic N) is 2. The van der Waals surface area contributed by atoms with Crippen LogP contribution in [0.1, 0.15) is 90.9 Å². The Bertz CT molecular complexity index is 419. The largest absolute Gasteiger partial charge is 0.389 e. The maximum absolute atomic E-state index is 13.0. The molecule has 4 nitrogen and oxygen atoms in total. The van der Waals surface area contributed by atoms with Crippen molar-refractivity contribution in [3.05, 3.63) is 0 Å². The van der Waals surface area contributed by atoms with Crippen LogP contribution in [0.3, 0.4) is 0 Å². The van der Waals surface area contributed by atoms with Crippen LogP contribution >= 0.6 is 17.0 Å². The van der Waals surface area contributed by atoms with Gasteiger partial charge < -0.3 is 14.9 Å². The fourth-order valence-electron chi connectivity index (χ4n) is 4.72. The zero-order valence-corrected chi connectivity index (χ0v) is 19.6. The van der Waals surface area contributed by atoms with Gasteiger partial charge in [-0.25, -0.2) is 0 Å². The molecule has 1 heterocycles. The van der Waals surface area contributed by atoms with E-state index in [1.165, 1.54) is 51.4 Å². The van der Waals surface area contributed by atoms with E-state index >= 15 is 0 Å². The second kappa shape index (κ2) is 12.4. The van der Waals surface area contributed by atoms with Crippen LogP contribution in [0.15, 0.2) is 0 Å². The average molecular weight is 448 g/mol. The molecule has 0 radical (unpaired) electrons. The maximum Gasteiger partial charge on any atom is 0.228 e. The van der Waals surface area contributed by atoms with Crippen molar-refractivity contribution < 1.29 is 9.90 Å². The highest BCUT2D eigenvalue weighted by Crippen LogP contribution is 2.32. The van der Waals surface area contributed by atoms with Crippen LogP contribution in [-0.4, -0.2) is 59.1 Å². The predicted octanol–water partition coefficient (Wildman–Crippen LogP) is 4.79. The van der Waals surface area contributed by atoms with Gasteiger partial charge in [0.2, 0.25) is 5.91 Å². The standard InChI is InChI=1S/C22H42N2O2.BrH/c1-4-5-6-7-11-16-24-17-14-22(26,15-18-24)19(2)21(25)23(3)20-12-9-8-10-13-20;/h19-20,26H,4-18H2,1-3H3;1H. The summed E-state index contributed by atoms with van der Waals surface area (Å²) in [5, 5.41) is 11.1. The molecule has 1 N–H and O–H groups in total. The lowest BCUT2D eigenvalue weighted by atomic mass is 9.79. The molecule has 0 spiro atoms. The van der Waals surface area contributed by atoms with E-state index in [0.717, 1.165) is 45.3 Å². The highest BCUT2D eigenvalue weighted by molar-refractivity contribution is 8.93. The first-order valence-corrected chi connectivity index (χ1v) is 11.2. The minimum atomic E-state index is -0.821. The normalized spacial score (nSPS) is 22.1. The molecule has 1 atom stereocenters. The van der Waals surface area contributed by atoms with Crippen LogP contribution < -0.4 is 0 Å². The van der Waals surface area contributed by atoms with Gasteiger partial charge in [-0.2, -0.15) is 0 Å². The molecular weight excluding hydrogens is 404 g/mol. The SMILES string of the molecule is Br.CCCCCCCN1CCC(O)(C(C)C(=O)N(C)C2CCCCC2)CC1. The molecule has 27 heavy (non-hydrogen) atoms. The van der Waals surface area contributed by atoms with Gasteiger partial charge in [-0.1, -0.05) is 58.8 Å². The van der Waals surface area contributed by atoms with Gasteiger partial charge in [-0.15, -0.1) is 17.0 Å². The molecule has 0 aromatic rings. The first kappa shape index (κ1) is 24.9. The summed E-state index contributed by atoms with van der Waals surface area (Å²) >= 11 is 0. The van der Waals surface area contributed by atoms with E-state index in [0.29, 0.717) is 6.04 Å². The Morgan fingerprint density at radius 3 is 2.30 bits per heavy atom. The molecule has 2 aliphatic rings. The highest BCUT2D eigenvalue weighted by Gasteiger charge is 2.42. The van der Waals surface area contributed by atoms with E-state index in [4.69, 9.17) is 0 Å². The number of hydrogen-bond donors (Lipinski definition) is 1. The minimum absolute atomic E-state index is 0. The summed E-state index contributed by atoms with van der Waals surface area (Å²) in [5.74, 6) is -0.145. The summed E-state index contributed by atoms with van der Waals surface area (Å²) in [6.07, 6.45) is 14.0. The zero-order valence-electron chi connectivity index (χ0n) is 17.9. The number of likely N-dealkylation sites (tertiary alicyclic amines) is 1. The third kappa shape index (κ3) is 7.32. The summed E-state index contributed by atoms with van der Waals surface area (Å²) in [5.41, 5.74) is -0.821. The molecular formula is C22H43BrN2O2. The van der Waals surface area contributed by atoms with Crippen LogP contribution in [0.2, 0.25) is 0 Å². The summed E-state index contributed by atoms with van der Waals surface area (Å²) in [4.78, 5) is 17.4. The summed E-state index contributed by atoms with van der Waals surface area (Å²) < 4.78 is 0. The molecule has 0 aromatic carbocycles. The molecule has 160 valence electrons. The van der Waals surface area contributed by atoms with Crippen molar-refractivity contribution in [1.29, 1.82) is 0 Å². The van der Waals surface area contributed by atoms with Crippen LogP contribution in [0, 0.1) is 5.92 Å². The number of rotatable bonds is 9. The fourth-order valence-corrected chi connectivity index (χ4v) is 4.72. The number of carbonyl (C=O) groups is 1. The Morgan fingerprint density at radius 2 is 1.70 bits per heavy atom. The van der Waals surface area contributed by atoms with Crippen molar-refractivity contribution >= 4 is 22.9 Å². The lowest BCUT2D eigenvalue weighted by molar-refractivity contribution is -0.149. The van der Waals surface area contributed by atoms with Crippen LogP contribution in [0.5, 0.6) is 0 Å².